The van der Waals surface area contributed by atoms with Crippen molar-refractivity contribution in [3.8, 4) is 0 Å². The fraction of sp³-hybridized carbons (Fsp3) is 0.875. The lowest BCUT2D eigenvalue weighted by molar-refractivity contribution is -0.125. The van der Waals surface area contributed by atoms with Crippen LogP contribution in [0.4, 0.5) is 0 Å². The van der Waals surface area contributed by atoms with Gasteiger partial charge in [0.2, 0.25) is 15.9 Å². The molecule has 1 aliphatic rings. The van der Waals surface area contributed by atoms with Crippen LogP contribution in [0.5, 0.6) is 0 Å². The fourth-order valence-electron chi connectivity index (χ4n) is 1.47. The summed E-state index contributed by atoms with van der Waals surface area (Å²) in [6.07, 6.45) is 2.60. The van der Waals surface area contributed by atoms with Gasteiger partial charge in [-0.05, 0) is 18.8 Å². The maximum absolute atomic E-state index is 11.5. The predicted octanol–water partition coefficient (Wildman–Crippen LogP) is 0.498. The molecule has 0 aliphatic heterocycles. The van der Waals surface area contributed by atoms with Gasteiger partial charge in [-0.2, -0.15) is 0 Å². The first-order chi connectivity index (χ1) is 5.78. The lowest BCUT2D eigenvalue weighted by Crippen LogP contribution is -2.38. The molecule has 0 radical (unpaired) electrons. The average Bonchev–Trinajstić information content (AvgIpc) is 2.59. The third-order valence-electron chi connectivity index (χ3n) is 2.62. The molecule has 1 fully saturated rings. The first kappa shape index (κ1) is 10.5. The maximum atomic E-state index is 11.5. The minimum Gasteiger partial charge on any atom is -0.273 e. The highest BCUT2D eigenvalue weighted by Gasteiger charge is 2.52. The Hall–Kier alpha value is -0.580. The van der Waals surface area contributed by atoms with Crippen LogP contribution in [0.15, 0.2) is 0 Å². The molecule has 4 nitrogen and oxygen atoms in total. The van der Waals surface area contributed by atoms with E-state index >= 15 is 0 Å². The van der Waals surface area contributed by atoms with Crippen LogP contribution < -0.4 is 4.72 Å². The predicted molar refractivity (Wildman–Crippen MR) is 49.5 cm³/mol. The number of sulfonamides is 1. The summed E-state index contributed by atoms with van der Waals surface area (Å²) in [6.45, 7) is 3.88. The van der Waals surface area contributed by atoms with Gasteiger partial charge in [-0.25, -0.2) is 8.42 Å². The molecule has 0 aromatic heterocycles. The van der Waals surface area contributed by atoms with Gasteiger partial charge in [0.05, 0.1) is 11.7 Å². The third kappa shape index (κ3) is 2.21. The highest BCUT2D eigenvalue weighted by molar-refractivity contribution is 7.89. The quantitative estimate of drug-likeness (QED) is 0.729. The molecule has 1 N–H and O–H groups in total. The summed E-state index contributed by atoms with van der Waals surface area (Å²) in [4.78, 5) is 11.5. The van der Waals surface area contributed by atoms with Crippen molar-refractivity contribution in [3.05, 3.63) is 0 Å². The van der Waals surface area contributed by atoms with Crippen molar-refractivity contribution in [2.24, 2.45) is 11.3 Å². The number of amides is 1. The van der Waals surface area contributed by atoms with Gasteiger partial charge < -0.3 is 0 Å². The molecule has 13 heavy (non-hydrogen) atoms. The zero-order valence-corrected chi connectivity index (χ0v) is 8.94. The van der Waals surface area contributed by atoms with E-state index in [-0.39, 0.29) is 11.8 Å². The Morgan fingerprint density at radius 1 is 1.38 bits per heavy atom. The van der Waals surface area contributed by atoms with Gasteiger partial charge in [-0.1, -0.05) is 13.8 Å². The largest absolute Gasteiger partial charge is 0.273 e. The Morgan fingerprint density at radius 3 is 2.08 bits per heavy atom. The summed E-state index contributed by atoms with van der Waals surface area (Å²) >= 11 is 0. The molecule has 0 atom stereocenters. The van der Waals surface area contributed by atoms with Gasteiger partial charge in [0.15, 0.2) is 0 Å². The molecule has 0 heterocycles. The number of hydrogen-bond acceptors (Lipinski definition) is 3. The number of carbonyl (C=O) groups is 1. The molecule has 1 aliphatic carbocycles. The van der Waals surface area contributed by atoms with Crippen LogP contribution >= 0.6 is 0 Å². The van der Waals surface area contributed by atoms with Crippen molar-refractivity contribution in [2.75, 3.05) is 6.26 Å². The topological polar surface area (TPSA) is 63.2 Å². The first-order valence-electron chi connectivity index (χ1n) is 4.30. The van der Waals surface area contributed by atoms with E-state index in [0.717, 1.165) is 19.1 Å². The monoisotopic (exact) mass is 205 g/mol. The van der Waals surface area contributed by atoms with Gasteiger partial charge in [-0.3, -0.25) is 9.52 Å². The highest BCUT2D eigenvalue weighted by atomic mass is 32.2. The SMILES string of the molecule is CC(C)C1(C(=O)NS(C)(=O)=O)CC1. The zero-order valence-electron chi connectivity index (χ0n) is 8.12. The first-order valence-corrected chi connectivity index (χ1v) is 6.19. The Balaban J connectivity index is 2.70. The minimum absolute atomic E-state index is 0.203. The molecule has 0 bridgehead atoms. The minimum atomic E-state index is -3.40. The summed E-state index contributed by atoms with van der Waals surface area (Å²) in [5, 5.41) is 0. The molecule has 0 saturated heterocycles. The molecular formula is C8H15NO3S. The van der Waals surface area contributed by atoms with E-state index in [1.54, 1.807) is 0 Å². The Morgan fingerprint density at radius 2 is 1.85 bits per heavy atom. The molecule has 0 aromatic carbocycles. The van der Waals surface area contributed by atoms with Crippen molar-refractivity contribution < 1.29 is 13.2 Å². The Kier molecular flexibility index (Phi) is 2.40. The molecular weight excluding hydrogens is 190 g/mol. The number of hydrogen-bond donors (Lipinski definition) is 1. The number of nitrogens with one attached hydrogen (secondary N) is 1. The number of carbonyl (C=O) groups excluding carboxylic acids is 1. The van der Waals surface area contributed by atoms with Crippen LogP contribution in [0.3, 0.4) is 0 Å². The van der Waals surface area contributed by atoms with Gasteiger partial charge in [0, 0.05) is 0 Å². The number of rotatable bonds is 3. The molecule has 1 amide bonds. The second kappa shape index (κ2) is 2.97. The van der Waals surface area contributed by atoms with Crippen molar-refractivity contribution in [1.82, 2.24) is 4.72 Å². The van der Waals surface area contributed by atoms with Crippen molar-refractivity contribution in [1.29, 1.82) is 0 Å². The van der Waals surface area contributed by atoms with E-state index in [1.165, 1.54) is 0 Å². The van der Waals surface area contributed by atoms with E-state index < -0.39 is 15.4 Å². The Labute approximate surface area is 78.8 Å². The smallest absolute Gasteiger partial charge is 0.239 e. The molecule has 0 spiro atoms. The van der Waals surface area contributed by atoms with Crippen LogP contribution in [0.2, 0.25) is 0 Å². The molecule has 5 heteroatoms. The van der Waals surface area contributed by atoms with Crippen molar-refractivity contribution in [2.45, 2.75) is 26.7 Å². The van der Waals surface area contributed by atoms with E-state index in [4.69, 9.17) is 0 Å². The molecule has 1 saturated carbocycles. The van der Waals surface area contributed by atoms with Crippen LogP contribution in [0, 0.1) is 11.3 Å². The summed E-state index contributed by atoms with van der Waals surface area (Å²) in [5.41, 5.74) is -0.414. The van der Waals surface area contributed by atoms with Crippen LogP contribution in [0.25, 0.3) is 0 Å². The van der Waals surface area contributed by atoms with Gasteiger partial charge in [-0.15, -0.1) is 0 Å². The van der Waals surface area contributed by atoms with Crippen LogP contribution in [-0.4, -0.2) is 20.6 Å². The van der Waals surface area contributed by atoms with Gasteiger partial charge in [0.25, 0.3) is 0 Å². The van der Waals surface area contributed by atoms with Gasteiger partial charge in [0.1, 0.15) is 0 Å². The molecule has 0 unspecified atom stereocenters. The second-order valence-corrected chi connectivity index (χ2v) is 5.76. The lowest BCUT2D eigenvalue weighted by atomic mass is 9.92. The average molecular weight is 205 g/mol. The molecule has 0 aromatic rings. The molecule has 76 valence electrons. The summed E-state index contributed by atoms with van der Waals surface area (Å²) in [6, 6.07) is 0. The van der Waals surface area contributed by atoms with Crippen LogP contribution in [-0.2, 0) is 14.8 Å². The van der Waals surface area contributed by atoms with Crippen LogP contribution in [0.1, 0.15) is 26.7 Å². The summed E-state index contributed by atoms with van der Waals surface area (Å²) < 4.78 is 23.7. The van der Waals surface area contributed by atoms with E-state index in [0.29, 0.717) is 0 Å². The van der Waals surface area contributed by atoms with E-state index in [1.807, 2.05) is 18.6 Å². The molecule has 1 rings (SSSR count). The van der Waals surface area contributed by atoms with E-state index in [9.17, 15) is 13.2 Å². The maximum Gasteiger partial charge on any atom is 0.239 e. The normalized spacial score (nSPS) is 20.0. The second-order valence-electron chi connectivity index (χ2n) is 4.01. The zero-order chi connectivity index (χ0) is 10.3. The summed E-state index contributed by atoms with van der Waals surface area (Å²) in [7, 11) is -3.40. The van der Waals surface area contributed by atoms with E-state index in [2.05, 4.69) is 0 Å². The standard InChI is InChI=1S/C8H15NO3S/c1-6(2)8(4-5-8)7(10)9-13(3,11)12/h6H,4-5H2,1-3H3,(H,9,10). The third-order valence-corrected chi connectivity index (χ3v) is 3.18. The Bertz CT molecular complexity index is 314. The highest BCUT2D eigenvalue weighted by Crippen LogP contribution is 2.52. The van der Waals surface area contributed by atoms with Crippen molar-refractivity contribution >= 4 is 15.9 Å². The summed E-state index contributed by atoms with van der Waals surface area (Å²) in [5.74, 6) is -0.140. The lowest BCUT2D eigenvalue weighted by Gasteiger charge is -2.17. The van der Waals surface area contributed by atoms with Gasteiger partial charge >= 0.3 is 0 Å². The fourth-order valence-corrected chi connectivity index (χ4v) is 2.01. The van der Waals surface area contributed by atoms with Crippen molar-refractivity contribution in [3.63, 3.8) is 0 Å².